The van der Waals surface area contributed by atoms with Crippen molar-refractivity contribution in [2.75, 3.05) is 15.9 Å². The van der Waals surface area contributed by atoms with Gasteiger partial charge in [-0.15, -0.1) is 22.7 Å². The first-order valence-electron chi connectivity index (χ1n) is 8.37. The van der Waals surface area contributed by atoms with Crippen LogP contribution in [0.25, 0.3) is 10.6 Å². The number of nitrogens with zero attached hydrogens (tertiary/aromatic N) is 2. The minimum Gasteiger partial charge on any atom is -0.298 e. The summed E-state index contributed by atoms with van der Waals surface area (Å²) in [6.45, 7) is 1.86. The van der Waals surface area contributed by atoms with E-state index in [2.05, 4.69) is 10.3 Å². The topological polar surface area (TPSA) is 79.4 Å². The highest BCUT2D eigenvalue weighted by molar-refractivity contribution is 7.92. The Labute approximate surface area is 175 Å². The normalized spacial score (nSPS) is 16.2. The van der Waals surface area contributed by atoms with E-state index in [4.69, 9.17) is 11.6 Å². The zero-order valence-electron chi connectivity index (χ0n) is 15.0. The molecule has 0 aliphatic carbocycles. The summed E-state index contributed by atoms with van der Waals surface area (Å²) in [7, 11) is -3.35. The minimum atomic E-state index is -3.35. The molecule has 1 atom stereocenters. The van der Waals surface area contributed by atoms with Gasteiger partial charge in [0.25, 0.3) is 5.91 Å². The van der Waals surface area contributed by atoms with Crippen LogP contribution in [0.3, 0.4) is 0 Å². The van der Waals surface area contributed by atoms with Crippen LogP contribution in [0.15, 0.2) is 35.7 Å². The lowest BCUT2D eigenvalue weighted by Gasteiger charge is -2.21. The summed E-state index contributed by atoms with van der Waals surface area (Å²) in [6, 6.07) is 8.61. The van der Waals surface area contributed by atoms with E-state index in [0.717, 1.165) is 16.1 Å². The molecule has 1 aliphatic rings. The Morgan fingerprint density at radius 3 is 2.79 bits per heavy atom. The van der Waals surface area contributed by atoms with Crippen LogP contribution >= 0.6 is 34.3 Å². The van der Waals surface area contributed by atoms with Crippen molar-refractivity contribution in [1.82, 2.24) is 4.98 Å². The van der Waals surface area contributed by atoms with Gasteiger partial charge in [0, 0.05) is 17.0 Å². The Balaban J connectivity index is 1.54. The van der Waals surface area contributed by atoms with E-state index in [-0.39, 0.29) is 11.9 Å². The van der Waals surface area contributed by atoms with Gasteiger partial charge in [-0.25, -0.2) is 13.4 Å². The summed E-state index contributed by atoms with van der Waals surface area (Å²) in [5.74, 6) is -0.279. The first-order chi connectivity index (χ1) is 13.2. The first-order valence-corrected chi connectivity index (χ1v) is 12.3. The highest BCUT2D eigenvalue weighted by atomic mass is 35.5. The maximum atomic E-state index is 12.6. The maximum Gasteiger partial charge on any atom is 0.257 e. The van der Waals surface area contributed by atoms with Gasteiger partial charge in [0.05, 0.1) is 26.9 Å². The fourth-order valence-electron chi connectivity index (χ4n) is 3.31. The Morgan fingerprint density at radius 1 is 1.32 bits per heavy atom. The third-order valence-corrected chi connectivity index (χ3v) is 7.68. The van der Waals surface area contributed by atoms with Gasteiger partial charge in [-0.2, -0.15) is 0 Å². The molecule has 0 radical (unpaired) electrons. The molecule has 2 aromatic heterocycles. The van der Waals surface area contributed by atoms with E-state index in [1.165, 1.54) is 33.2 Å². The molecule has 1 aliphatic heterocycles. The molecule has 3 heterocycles. The van der Waals surface area contributed by atoms with Crippen LogP contribution in [-0.4, -0.2) is 31.6 Å². The molecule has 1 amide bonds. The fraction of sp³-hybridized carbons (Fsp3) is 0.222. The smallest absolute Gasteiger partial charge is 0.257 e. The molecular weight excluding hydrogens is 438 g/mol. The molecule has 0 bridgehead atoms. The molecule has 1 N–H and O–H groups in total. The molecule has 3 aromatic rings. The van der Waals surface area contributed by atoms with E-state index >= 15 is 0 Å². The summed E-state index contributed by atoms with van der Waals surface area (Å²) in [5.41, 5.74) is 2.72. The van der Waals surface area contributed by atoms with Gasteiger partial charge < -0.3 is 0 Å². The van der Waals surface area contributed by atoms with Crippen LogP contribution in [-0.2, 0) is 16.4 Å². The predicted molar refractivity (Wildman–Crippen MR) is 115 cm³/mol. The number of sulfonamides is 1. The van der Waals surface area contributed by atoms with Crippen molar-refractivity contribution in [2.45, 2.75) is 19.4 Å². The van der Waals surface area contributed by atoms with Gasteiger partial charge in [-0.3, -0.25) is 14.4 Å². The number of nitrogens with one attached hydrogen (secondary N) is 1. The van der Waals surface area contributed by atoms with E-state index in [0.29, 0.717) is 27.1 Å². The predicted octanol–water partition coefficient (Wildman–Crippen LogP) is 4.49. The number of hydrogen-bond donors (Lipinski definition) is 1. The number of benzene rings is 1. The number of aromatic nitrogens is 1. The van der Waals surface area contributed by atoms with Crippen molar-refractivity contribution in [3.8, 4) is 10.6 Å². The lowest BCUT2D eigenvalue weighted by Crippen LogP contribution is -2.34. The molecule has 0 saturated heterocycles. The molecule has 0 fully saturated rings. The number of carbonyl (C=O) groups is 1. The summed E-state index contributed by atoms with van der Waals surface area (Å²) in [5, 5.41) is 5.17. The van der Waals surface area contributed by atoms with Crippen molar-refractivity contribution < 1.29 is 13.2 Å². The molecule has 0 saturated carbocycles. The van der Waals surface area contributed by atoms with Crippen LogP contribution in [0.4, 0.5) is 10.8 Å². The van der Waals surface area contributed by atoms with Crippen molar-refractivity contribution in [1.29, 1.82) is 0 Å². The van der Waals surface area contributed by atoms with Crippen LogP contribution in [0.5, 0.6) is 0 Å². The highest BCUT2D eigenvalue weighted by Gasteiger charge is 2.32. The van der Waals surface area contributed by atoms with Gasteiger partial charge in [-0.05, 0) is 49.2 Å². The minimum absolute atomic E-state index is 0.164. The standard InChI is InChI=1S/C18H16ClN3O3S3/c1-10-7-12-8-11(3-4-14(12)22(10)28(2,24)25)17(23)21-18-20-13(9-26-18)15-5-6-16(19)27-15/h3-6,8-10H,7H2,1-2H3,(H,20,21,23). The quantitative estimate of drug-likeness (QED) is 0.631. The number of thiazole rings is 1. The number of amides is 1. The maximum absolute atomic E-state index is 12.6. The Bertz CT molecular complexity index is 1170. The van der Waals surface area contributed by atoms with Crippen LogP contribution < -0.4 is 9.62 Å². The third kappa shape index (κ3) is 3.67. The SMILES string of the molecule is CC1Cc2cc(C(=O)Nc3nc(-c4ccc(Cl)s4)cs3)ccc2N1S(C)(=O)=O. The number of halogens is 1. The van der Waals surface area contributed by atoms with Crippen molar-refractivity contribution >= 4 is 61.0 Å². The fourth-order valence-corrected chi connectivity index (χ4v) is 6.36. The number of fused-ring (bicyclic) bond motifs is 1. The zero-order valence-corrected chi connectivity index (χ0v) is 18.2. The molecule has 1 unspecified atom stereocenters. The monoisotopic (exact) mass is 453 g/mol. The number of hydrogen-bond acceptors (Lipinski definition) is 6. The highest BCUT2D eigenvalue weighted by Crippen LogP contribution is 2.35. The van der Waals surface area contributed by atoms with Gasteiger partial charge >= 0.3 is 0 Å². The van der Waals surface area contributed by atoms with Crippen LogP contribution in [0.1, 0.15) is 22.8 Å². The van der Waals surface area contributed by atoms with E-state index < -0.39 is 10.0 Å². The van der Waals surface area contributed by atoms with Gasteiger partial charge in [0.1, 0.15) is 0 Å². The molecule has 10 heteroatoms. The van der Waals surface area contributed by atoms with Crippen LogP contribution in [0.2, 0.25) is 4.34 Å². The Kier molecular flexibility index (Phi) is 4.95. The first kappa shape index (κ1) is 19.4. The lowest BCUT2D eigenvalue weighted by molar-refractivity contribution is 0.102. The molecular formula is C18H16ClN3O3S3. The zero-order chi connectivity index (χ0) is 20.1. The molecule has 4 rings (SSSR count). The third-order valence-electron chi connectivity index (χ3n) is 4.40. The van der Waals surface area contributed by atoms with Gasteiger partial charge in [0.15, 0.2) is 5.13 Å². The number of rotatable bonds is 4. The average molecular weight is 454 g/mol. The van der Waals surface area contributed by atoms with Crippen molar-refractivity contribution in [3.63, 3.8) is 0 Å². The van der Waals surface area contributed by atoms with E-state index in [1.54, 1.807) is 18.2 Å². The summed E-state index contributed by atoms with van der Waals surface area (Å²) in [6.07, 6.45) is 1.77. The molecule has 6 nitrogen and oxygen atoms in total. The lowest BCUT2D eigenvalue weighted by atomic mass is 10.1. The number of carbonyl (C=O) groups excluding carboxylic acids is 1. The molecule has 28 heavy (non-hydrogen) atoms. The summed E-state index contributed by atoms with van der Waals surface area (Å²) >= 11 is 8.73. The van der Waals surface area contributed by atoms with Crippen LogP contribution in [0, 0.1) is 0 Å². The summed E-state index contributed by atoms with van der Waals surface area (Å²) < 4.78 is 26.1. The number of anilines is 2. The van der Waals surface area contributed by atoms with Crippen molar-refractivity contribution in [2.24, 2.45) is 0 Å². The second-order valence-corrected chi connectivity index (χ2v) is 11.0. The van der Waals surface area contributed by atoms with Crippen molar-refractivity contribution in [3.05, 3.63) is 51.2 Å². The Hall–Kier alpha value is -1.94. The molecule has 0 spiro atoms. The van der Waals surface area contributed by atoms with Gasteiger partial charge in [-0.1, -0.05) is 11.6 Å². The second kappa shape index (κ2) is 7.14. The Morgan fingerprint density at radius 2 is 2.11 bits per heavy atom. The number of thiophene rings is 1. The van der Waals surface area contributed by atoms with E-state index in [9.17, 15) is 13.2 Å². The van der Waals surface area contributed by atoms with Gasteiger partial charge in [0.2, 0.25) is 10.0 Å². The summed E-state index contributed by atoms with van der Waals surface area (Å²) in [4.78, 5) is 18.0. The molecule has 1 aromatic carbocycles. The van der Waals surface area contributed by atoms with E-state index in [1.807, 2.05) is 24.4 Å². The second-order valence-electron chi connectivity index (χ2n) is 6.55. The average Bonchev–Trinajstić information content (AvgIpc) is 3.30. The largest absolute Gasteiger partial charge is 0.298 e. The molecule has 146 valence electrons.